The number of pyridine rings is 1. The molecule has 1 aliphatic rings. The van der Waals surface area contributed by atoms with Crippen molar-refractivity contribution >= 4 is 12.2 Å². The molecule has 1 aromatic rings. The topological polar surface area (TPSA) is 36.4 Å². The number of hydrogen-bond donors (Lipinski definition) is 0. The smallest absolute Gasteiger partial charge is 0.210 e. The summed E-state index contributed by atoms with van der Waals surface area (Å²) in [5.74, 6) is 1.03. The average Bonchev–Trinajstić information content (AvgIpc) is 2.49. The van der Waals surface area contributed by atoms with Crippen LogP contribution in [0.2, 0.25) is 0 Å². The quantitative estimate of drug-likeness (QED) is 0.764. The third kappa shape index (κ3) is 2.88. The Balaban J connectivity index is 2.34. The SMILES string of the molecule is CCN(CC)c1ncccc1C1CCCCN1C=O. The molecule has 1 unspecified atom stereocenters. The summed E-state index contributed by atoms with van der Waals surface area (Å²) in [4.78, 5) is 20.0. The third-order valence-electron chi connectivity index (χ3n) is 3.92. The molecule has 104 valence electrons. The Morgan fingerprint density at radius 3 is 2.89 bits per heavy atom. The molecule has 2 rings (SSSR count). The molecule has 19 heavy (non-hydrogen) atoms. The van der Waals surface area contributed by atoms with Gasteiger partial charge in [-0.15, -0.1) is 0 Å². The lowest BCUT2D eigenvalue weighted by Gasteiger charge is -2.35. The van der Waals surface area contributed by atoms with Crippen LogP contribution in [0.25, 0.3) is 0 Å². The van der Waals surface area contributed by atoms with Crippen molar-refractivity contribution in [3.63, 3.8) is 0 Å². The number of rotatable bonds is 5. The second-order valence-corrected chi connectivity index (χ2v) is 4.94. The van der Waals surface area contributed by atoms with Gasteiger partial charge in [-0.1, -0.05) is 6.07 Å². The molecule has 0 radical (unpaired) electrons. The van der Waals surface area contributed by atoms with Crippen molar-refractivity contribution < 1.29 is 4.79 Å². The summed E-state index contributed by atoms with van der Waals surface area (Å²) in [6.07, 6.45) is 6.16. The molecule has 1 atom stereocenters. The first-order valence-electron chi connectivity index (χ1n) is 7.22. The fourth-order valence-electron chi connectivity index (χ4n) is 2.87. The van der Waals surface area contributed by atoms with Gasteiger partial charge in [0.25, 0.3) is 0 Å². The Morgan fingerprint density at radius 1 is 1.42 bits per heavy atom. The van der Waals surface area contributed by atoms with Gasteiger partial charge in [-0.25, -0.2) is 4.98 Å². The molecule has 1 amide bonds. The van der Waals surface area contributed by atoms with Gasteiger partial charge < -0.3 is 9.80 Å². The molecule has 0 N–H and O–H groups in total. The predicted molar refractivity (Wildman–Crippen MR) is 77.2 cm³/mol. The van der Waals surface area contributed by atoms with E-state index in [9.17, 15) is 4.79 Å². The van der Waals surface area contributed by atoms with E-state index in [1.807, 2.05) is 17.2 Å². The number of anilines is 1. The highest BCUT2D eigenvalue weighted by Gasteiger charge is 2.26. The van der Waals surface area contributed by atoms with E-state index in [1.165, 1.54) is 12.0 Å². The van der Waals surface area contributed by atoms with Crippen LogP contribution in [0.3, 0.4) is 0 Å². The largest absolute Gasteiger partial charge is 0.357 e. The first kappa shape index (κ1) is 13.8. The van der Waals surface area contributed by atoms with E-state index in [0.717, 1.165) is 44.7 Å². The third-order valence-corrected chi connectivity index (χ3v) is 3.92. The molecule has 0 saturated carbocycles. The highest BCUT2D eigenvalue weighted by molar-refractivity contribution is 5.54. The Hall–Kier alpha value is -1.58. The van der Waals surface area contributed by atoms with Gasteiger partial charge in [0.05, 0.1) is 6.04 Å². The maximum absolute atomic E-state index is 11.3. The van der Waals surface area contributed by atoms with Gasteiger partial charge >= 0.3 is 0 Å². The van der Waals surface area contributed by atoms with Crippen LogP contribution >= 0.6 is 0 Å². The van der Waals surface area contributed by atoms with Crippen LogP contribution in [-0.4, -0.2) is 35.9 Å². The molecule has 0 bridgehead atoms. The average molecular weight is 261 g/mol. The molecular formula is C15H23N3O. The maximum atomic E-state index is 11.3. The summed E-state index contributed by atoms with van der Waals surface area (Å²) in [5, 5.41) is 0. The summed E-state index contributed by atoms with van der Waals surface area (Å²) >= 11 is 0. The Kier molecular flexibility index (Phi) is 4.77. The Bertz CT molecular complexity index is 418. The van der Waals surface area contributed by atoms with Gasteiger partial charge in [0.1, 0.15) is 5.82 Å². The van der Waals surface area contributed by atoms with Crippen LogP contribution in [0.5, 0.6) is 0 Å². The Labute approximate surface area is 115 Å². The number of aromatic nitrogens is 1. The minimum absolute atomic E-state index is 0.190. The Morgan fingerprint density at radius 2 is 2.21 bits per heavy atom. The molecule has 4 heteroatoms. The number of piperidine rings is 1. The lowest BCUT2D eigenvalue weighted by molar-refractivity contribution is -0.121. The van der Waals surface area contributed by atoms with E-state index < -0.39 is 0 Å². The van der Waals surface area contributed by atoms with Crippen molar-refractivity contribution in [3.8, 4) is 0 Å². The summed E-state index contributed by atoms with van der Waals surface area (Å²) in [6, 6.07) is 4.28. The molecular weight excluding hydrogens is 238 g/mol. The molecule has 0 spiro atoms. The zero-order valence-corrected chi connectivity index (χ0v) is 11.9. The second-order valence-electron chi connectivity index (χ2n) is 4.94. The highest BCUT2D eigenvalue weighted by atomic mass is 16.1. The minimum Gasteiger partial charge on any atom is -0.357 e. The van der Waals surface area contributed by atoms with E-state index in [-0.39, 0.29) is 6.04 Å². The van der Waals surface area contributed by atoms with Gasteiger partial charge in [0.15, 0.2) is 0 Å². The molecule has 1 aliphatic heterocycles. The summed E-state index contributed by atoms with van der Waals surface area (Å²) in [5.41, 5.74) is 1.19. The van der Waals surface area contributed by atoms with E-state index >= 15 is 0 Å². The predicted octanol–water partition coefficient (Wildman–Crippen LogP) is 2.61. The van der Waals surface area contributed by atoms with E-state index in [2.05, 4.69) is 29.8 Å². The molecule has 4 nitrogen and oxygen atoms in total. The van der Waals surface area contributed by atoms with Crippen molar-refractivity contribution in [1.29, 1.82) is 0 Å². The second kappa shape index (κ2) is 6.55. The maximum Gasteiger partial charge on any atom is 0.210 e. The van der Waals surface area contributed by atoms with E-state index in [0.29, 0.717) is 0 Å². The molecule has 2 heterocycles. The van der Waals surface area contributed by atoms with Gasteiger partial charge in [-0.05, 0) is 39.2 Å². The van der Waals surface area contributed by atoms with Crippen LogP contribution in [0, 0.1) is 0 Å². The molecule has 1 aromatic heterocycles. The van der Waals surface area contributed by atoms with Gasteiger partial charge in [0, 0.05) is 31.4 Å². The van der Waals surface area contributed by atoms with Crippen LogP contribution in [0.4, 0.5) is 5.82 Å². The molecule has 0 aliphatic carbocycles. The first-order valence-corrected chi connectivity index (χ1v) is 7.22. The summed E-state index contributed by atoms with van der Waals surface area (Å²) in [6.45, 7) is 7.02. The van der Waals surface area contributed by atoms with Crippen molar-refractivity contribution in [2.75, 3.05) is 24.5 Å². The standard InChI is InChI=1S/C15H23N3O/c1-3-17(4-2)15-13(8-7-10-16-15)14-9-5-6-11-18(14)12-19/h7-8,10,12,14H,3-6,9,11H2,1-2H3. The number of nitrogens with zero attached hydrogens (tertiary/aromatic N) is 3. The normalized spacial score (nSPS) is 19.3. The van der Waals surface area contributed by atoms with Crippen LogP contribution < -0.4 is 4.90 Å². The highest BCUT2D eigenvalue weighted by Crippen LogP contribution is 2.34. The minimum atomic E-state index is 0.190. The van der Waals surface area contributed by atoms with E-state index in [4.69, 9.17) is 0 Å². The monoisotopic (exact) mass is 261 g/mol. The molecule has 1 saturated heterocycles. The van der Waals surface area contributed by atoms with Crippen molar-refractivity contribution in [3.05, 3.63) is 23.9 Å². The van der Waals surface area contributed by atoms with Gasteiger partial charge in [0.2, 0.25) is 6.41 Å². The van der Waals surface area contributed by atoms with Crippen LogP contribution in [0.1, 0.15) is 44.7 Å². The van der Waals surface area contributed by atoms with E-state index in [1.54, 1.807) is 0 Å². The summed E-state index contributed by atoms with van der Waals surface area (Å²) < 4.78 is 0. The number of likely N-dealkylation sites (tertiary alicyclic amines) is 1. The zero-order chi connectivity index (χ0) is 13.7. The van der Waals surface area contributed by atoms with Crippen molar-refractivity contribution in [2.24, 2.45) is 0 Å². The fraction of sp³-hybridized carbons (Fsp3) is 0.600. The van der Waals surface area contributed by atoms with Crippen LogP contribution in [0.15, 0.2) is 18.3 Å². The lowest BCUT2D eigenvalue weighted by Crippen LogP contribution is -2.34. The number of hydrogen-bond acceptors (Lipinski definition) is 3. The zero-order valence-electron chi connectivity index (χ0n) is 11.9. The van der Waals surface area contributed by atoms with Crippen LogP contribution in [-0.2, 0) is 4.79 Å². The van der Waals surface area contributed by atoms with Crippen molar-refractivity contribution in [1.82, 2.24) is 9.88 Å². The molecule has 0 aromatic carbocycles. The fourth-order valence-corrected chi connectivity index (χ4v) is 2.87. The lowest BCUT2D eigenvalue weighted by atomic mass is 9.96. The number of carbonyl (C=O) groups is 1. The number of carbonyl (C=O) groups excluding carboxylic acids is 1. The summed E-state index contributed by atoms with van der Waals surface area (Å²) in [7, 11) is 0. The molecule has 1 fully saturated rings. The van der Waals surface area contributed by atoms with Gasteiger partial charge in [-0.2, -0.15) is 0 Å². The number of amides is 1. The van der Waals surface area contributed by atoms with Crippen molar-refractivity contribution in [2.45, 2.75) is 39.2 Å². The van der Waals surface area contributed by atoms with Gasteiger partial charge in [-0.3, -0.25) is 4.79 Å². The first-order chi connectivity index (χ1) is 9.31.